The molecule has 0 spiro atoms. The average Bonchev–Trinajstić information content (AvgIpc) is 3.37. The first-order valence-corrected chi connectivity index (χ1v) is 9.09. The van der Waals surface area contributed by atoms with Crippen molar-refractivity contribution in [2.24, 2.45) is 0 Å². The zero-order valence-corrected chi connectivity index (χ0v) is 15.0. The van der Waals surface area contributed by atoms with Gasteiger partial charge in [0, 0.05) is 5.56 Å². The fraction of sp³-hybridized carbons (Fsp3) is 0.286. The van der Waals surface area contributed by atoms with Crippen LogP contribution in [0.25, 0.3) is 11.4 Å². The number of carbonyl (C=O) groups is 1. The van der Waals surface area contributed by atoms with Crippen LogP contribution >= 0.6 is 0 Å². The normalized spacial score (nSPS) is 15.5. The Bertz CT molecular complexity index is 979. The monoisotopic (exact) mass is 384 g/mol. The molecule has 1 heterocycles. The van der Waals surface area contributed by atoms with Crippen molar-refractivity contribution in [1.82, 2.24) is 10.1 Å². The Morgan fingerprint density at radius 1 is 1.07 bits per heavy atom. The molecule has 28 heavy (non-hydrogen) atoms. The highest BCUT2D eigenvalue weighted by Gasteiger charge is 2.44. The van der Waals surface area contributed by atoms with Crippen molar-refractivity contribution in [2.75, 3.05) is 0 Å². The van der Waals surface area contributed by atoms with Crippen molar-refractivity contribution in [2.45, 2.75) is 37.7 Å². The number of esters is 1. The van der Waals surface area contributed by atoms with Gasteiger partial charge >= 0.3 is 5.97 Å². The zero-order valence-electron chi connectivity index (χ0n) is 15.0. The van der Waals surface area contributed by atoms with E-state index in [1.165, 1.54) is 36.4 Å². The quantitative estimate of drug-likeness (QED) is 0.603. The molecule has 1 saturated carbocycles. The number of hydrogen-bond acceptors (Lipinski definition) is 5. The molecule has 1 aliphatic rings. The highest BCUT2D eigenvalue weighted by molar-refractivity contribution is 5.83. The SMILES string of the molecule is O=C(OCc1nc(-c2ccc(F)cc2)no1)C1(c2cccc(F)c2)CCCC1. The van der Waals surface area contributed by atoms with Crippen molar-refractivity contribution in [3.63, 3.8) is 0 Å². The third-order valence-corrected chi connectivity index (χ3v) is 5.12. The second-order valence-electron chi connectivity index (χ2n) is 6.89. The molecule has 2 aromatic carbocycles. The van der Waals surface area contributed by atoms with Gasteiger partial charge in [0.2, 0.25) is 5.82 Å². The first-order valence-electron chi connectivity index (χ1n) is 9.09. The smallest absolute Gasteiger partial charge is 0.317 e. The number of halogens is 2. The molecule has 0 saturated heterocycles. The summed E-state index contributed by atoms with van der Waals surface area (Å²) in [5.41, 5.74) is 0.379. The molecule has 144 valence electrons. The lowest BCUT2D eigenvalue weighted by Gasteiger charge is -2.26. The Labute approximate surface area is 160 Å². The third kappa shape index (κ3) is 3.52. The molecule has 7 heteroatoms. The number of benzene rings is 2. The van der Waals surface area contributed by atoms with Crippen molar-refractivity contribution in [3.8, 4) is 11.4 Å². The van der Waals surface area contributed by atoms with Gasteiger partial charge in [0.25, 0.3) is 5.89 Å². The van der Waals surface area contributed by atoms with Gasteiger partial charge in [-0.2, -0.15) is 4.98 Å². The molecular formula is C21H18F2N2O3. The summed E-state index contributed by atoms with van der Waals surface area (Å²) in [7, 11) is 0. The number of carbonyl (C=O) groups excluding carboxylic acids is 1. The van der Waals surface area contributed by atoms with E-state index in [1.54, 1.807) is 12.1 Å². The largest absolute Gasteiger partial charge is 0.455 e. The van der Waals surface area contributed by atoms with Crippen molar-refractivity contribution in [1.29, 1.82) is 0 Å². The second-order valence-corrected chi connectivity index (χ2v) is 6.89. The maximum atomic E-state index is 13.7. The lowest BCUT2D eigenvalue weighted by molar-refractivity contribution is -0.152. The maximum Gasteiger partial charge on any atom is 0.317 e. The summed E-state index contributed by atoms with van der Waals surface area (Å²) in [5.74, 6) is -0.734. The topological polar surface area (TPSA) is 65.2 Å². The standard InChI is InChI=1S/C21H18F2N2O3/c22-16-8-6-14(7-9-16)19-24-18(28-25-19)13-27-20(26)21(10-1-2-11-21)15-4-3-5-17(23)12-15/h3-9,12H,1-2,10-11,13H2. The van der Waals surface area contributed by atoms with E-state index >= 15 is 0 Å². The molecule has 4 rings (SSSR count). The van der Waals surface area contributed by atoms with Crippen LogP contribution in [-0.4, -0.2) is 16.1 Å². The number of hydrogen-bond donors (Lipinski definition) is 0. The van der Waals surface area contributed by atoms with Gasteiger partial charge in [-0.3, -0.25) is 4.79 Å². The van der Waals surface area contributed by atoms with Gasteiger partial charge in [-0.15, -0.1) is 0 Å². The van der Waals surface area contributed by atoms with Gasteiger partial charge in [0.1, 0.15) is 11.6 Å². The Morgan fingerprint density at radius 2 is 1.82 bits per heavy atom. The highest BCUT2D eigenvalue weighted by atomic mass is 19.1. The van der Waals surface area contributed by atoms with Gasteiger partial charge in [0.05, 0.1) is 5.41 Å². The van der Waals surface area contributed by atoms with Crippen LogP contribution in [0.3, 0.4) is 0 Å². The summed E-state index contributed by atoms with van der Waals surface area (Å²) in [6.45, 7) is -0.176. The number of aromatic nitrogens is 2. The second kappa shape index (κ2) is 7.50. The van der Waals surface area contributed by atoms with Crippen molar-refractivity contribution in [3.05, 3.63) is 71.6 Å². The Morgan fingerprint density at radius 3 is 2.54 bits per heavy atom. The van der Waals surface area contributed by atoms with Crippen LogP contribution in [0.4, 0.5) is 8.78 Å². The van der Waals surface area contributed by atoms with Gasteiger partial charge in [-0.05, 0) is 54.8 Å². The van der Waals surface area contributed by atoms with Crippen LogP contribution in [-0.2, 0) is 21.6 Å². The van der Waals surface area contributed by atoms with E-state index in [1.807, 2.05) is 0 Å². The Balaban J connectivity index is 1.48. The third-order valence-electron chi connectivity index (χ3n) is 5.12. The van der Waals surface area contributed by atoms with Crippen LogP contribution in [0.15, 0.2) is 53.1 Å². The van der Waals surface area contributed by atoms with Crippen LogP contribution in [0.1, 0.15) is 37.1 Å². The summed E-state index contributed by atoms with van der Waals surface area (Å²) in [6, 6.07) is 11.8. The molecule has 5 nitrogen and oxygen atoms in total. The van der Waals surface area contributed by atoms with Gasteiger partial charge < -0.3 is 9.26 Å². The summed E-state index contributed by atoms with van der Waals surface area (Å²) >= 11 is 0. The van der Waals surface area contributed by atoms with Crippen molar-refractivity contribution < 1.29 is 22.8 Å². The summed E-state index contributed by atoms with van der Waals surface area (Å²) in [6.07, 6.45) is 2.97. The minimum absolute atomic E-state index is 0.139. The molecule has 0 radical (unpaired) electrons. The zero-order chi connectivity index (χ0) is 19.6. The van der Waals surface area contributed by atoms with E-state index in [0.717, 1.165) is 12.8 Å². The van der Waals surface area contributed by atoms with E-state index < -0.39 is 11.4 Å². The molecule has 0 unspecified atom stereocenters. The summed E-state index contributed by atoms with van der Waals surface area (Å²) in [4.78, 5) is 17.1. The van der Waals surface area contributed by atoms with E-state index in [-0.39, 0.29) is 30.0 Å². The Hall–Kier alpha value is -3.09. The van der Waals surface area contributed by atoms with Crippen LogP contribution in [0.2, 0.25) is 0 Å². The molecule has 1 aliphatic carbocycles. The fourth-order valence-electron chi connectivity index (χ4n) is 3.67. The van der Waals surface area contributed by atoms with Crippen LogP contribution in [0.5, 0.6) is 0 Å². The summed E-state index contributed by atoms with van der Waals surface area (Å²) < 4.78 is 37.3. The molecule has 0 aliphatic heterocycles. The van der Waals surface area contributed by atoms with E-state index in [4.69, 9.17) is 9.26 Å². The van der Waals surface area contributed by atoms with E-state index in [0.29, 0.717) is 24.0 Å². The molecule has 0 bridgehead atoms. The molecule has 0 amide bonds. The van der Waals surface area contributed by atoms with Gasteiger partial charge in [-0.25, -0.2) is 8.78 Å². The first-order chi connectivity index (χ1) is 13.6. The Kier molecular flexibility index (Phi) is 4.90. The first kappa shape index (κ1) is 18.3. The highest BCUT2D eigenvalue weighted by Crippen LogP contribution is 2.42. The van der Waals surface area contributed by atoms with Crippen LogP contribution in [0, 0.1) is 11.6 Å². The van der Waals surface area contributed by atoms with Gasteiger partial charge in [0.15, 0.2) is 6.61 Å². The van der Waals surface area contributed by atoms with E-state index in [2.05, 4.69) is 10.1 Å². The average molecular weight is 384 g/mol. The van der Waals surface area contributed by atoms with Gasteiger partial charge in [-0.1, -0.05) is 30.1 Å². The number of ether oxygens (including phenoxy) is 1. The predicted octanol–water partition coefficient (Wildman–Crippen LogP) is 4.57. The molecule has 0 N–H and O–H groups in total. The summed E-state index contributed by atoms with van der Waals surface area (Å²) in [5, 5.41) is 3.83. The maximum absolute atomic E-state index is 13.7. The van der Waals surface area contributed by atoms with Crippen LogP contribution < -0.4 is 0 Å². The number of rotatable bonds is 5. The minimum atomic E-state index is -0.845. The van der Waals surface area contributed by atoms with Crippen molar-refractivity contribution >= 4 is 5.97 Å². The van der Waals surface area contributed by atoms with E-state index in [9.17, 15) is 13.6 Å². The predicted molar refractivity (Wildman–Crippen MR) is 96.0 cm³/mol. The minimum Gasteiger partial charge on any atom is -0.455 e. The molecule has 0 atom stereocenters. The lowest BCUT2D eigenvalue weighted by atomic mass is 9.79. The molecule has 1 fully saturated rings. The molecule has 1 aromatic heterocycles. The fourth-order valence-corrected chi connectivity index (χ4v) is 3.67. The number of nitrogens with zero attached hydrogens (tertiary/aromatic N) is 2. The lowest BCUT2D eigenvalue weighted by Crippen LogP contribution is -2.34. The molecular weight excluding hydrogens is 366 g/mol. The molecule has 3 aromatic rings.